The molecule has 0 bridgehead atoms. The van der Waals surface area contributed by atoms with E-state index in [-0.39, 0.29) is 23.2 Å². The lowest BCUT2D eigenvalue weighted by Gasteiger charge is -2.05. The molecule has 4 aromatic rings. The van der Waals surface area contributed by atoms with Gasteiger partial charge >= 0.3 is 0 Å². The van der Waals surface area contributed by atoms with Crippen molar-refractivity contribution in [2.75, 3.05) is 12.3 Å². The minimum atomic E-state index is -0.343. The minimum absolute atomic E-state index is 0.175. The van der Waals surface area contributed by atoms with Crippen LogP contribution in [-0.2, 0) is 0 Å². The van der Waals surface area contributed by atoms with Crippen LogP contribution < -0.4 is 11.1 Å². The van der Waals surface area contributed by atoms with Gasteiger partial charge in [0.05, 0.1) is 5.52 Å². The van der Waals surface area contributed by atoms with Crippen LogP contribution in [0.1, 0.15) is 23.8 Å². The summed E-state index contributed by atoms with van der Waals surface area (Å²) in [6, 6.07) is 8.78. The smallest absolute Gasteiger partial charge is 0.273 e. The summed E-state index contributed by atoms with van der Waals surface area (Å²) in [6.45, 7) is 2.52. The number of hydrogen-bond donors (Lipinski definition) is 3. The molecule has 0 aliphatic heterocycles. The first kappa shape index (κ1) is 16.1. The Morgan fingerprint density at radius 3 is 3.04 bits per heavy atom. The molecule has 1 amide bonds. The first-order valence-electron chi connectivity index (χ1n) is 8.42. The van der Waals surface area contributed by atoms with Gasteiger partial charge in [0.25, 0.3) is 5.91 Å². The Bertz CT molecular complexity index is 1130. The van der Waals surface area contributed by atoms with Crippen LogP contribution in [0.2, 0.25) is 0 Å². The Kier molecular flexibility index (Phi) is 3.84. The normalized spacial score (nSPS) is 11.3. The Hall–Kier alpha value is -3.35. The number of nitrogens with zero attached hydrogens (tertiary/aromatic N) is 2. The molecule has 0 unspecified atom stereocenters. The van der Waals surface area contributed by atoms with Gasteiger partial charge in [-0.1, -0.05) is 6.92 Å². The number of anilines is 1. The van der Waals surface area contributed by atoms with Crippen LogP contribution in [0.4, 0.5) is 10.2 Å². The Balaban J connectivity index is 1.88. The van der Waals surface area contributed by atoms with E-state index in [4.69, 9.17) is 5.73 Å². The fourth-order valence-corrected chi connectivity index (χ4v) is 3.08. The lowest BCUT2D eigenvalue weighted by atomic mass is 10.0. The molecule has 0 aliphatic rings. The number of aromatic amines is 1. The van der Waals surface area contributed by atoms with Crippen LogP contribution >= 0.6 is 0 Å². The summed E-state index contributed by atoms with van der Waals surface area (Å²) in [5.74, 6) is -0.394. The fraction of sp³-hybridized carbons (Fsp3) is 0.158. The monoisotopic (exact) mass is 351 g/mol. The summed E-state index contributed by atoms with van der Waals surface area (Å²) in [4.78, 5) is 19.6. The van der Waals surface area contributed by atoms with Crippen molar-refractivity contribution in [2.24, 2.45) is 0 Å². The predicted molar refractivity (Wildman–Crippen MR) is 99.5 cm³/mol. The Labute approximate surface area is 148 Å². The maximum Gasteiger partial charge on any atom is 0.273 e. The van der Waals surface area contributed by atoms with E-state index in [1.807, 2.05) is 25.1 Å². The highest BCUT2D eigenvalue weighted by Gasteiger charge is 2.19. The van der Waals surface area contributed by atoms with Gasteiger partial charge < -0.3 is 16.0 Å². The van der Waals surface area contributed by atoms with E-state index in [2.05, 4.69) is 15.3 Å². The number of H-pyrrole nitrogens is 1. The number of nitrogens with one attached hydrogen (secondary N) is 2. The molecule has 0 saturated carbocycles. The molecular formula is C19H18FN5O. The predicted octanol–water partition coefficient (Wildman–Crippen LogP) is 3.34. The van der Waals surface area contributed by atoms with E-state index >= 15 is 0 Å². The van der Waals surface area contributed by atoms with Crippen LogP contribution in [0.25, 0.3) is 27.7 Å². The topological polar surface area (TPSA) is 88.2 Å². The van der Waals surface area contributed by atoms with E-state index in [0.29, 0.717) is 28.8 Å². The number of aromatic nitrogens is 3. The number of nitrogen functional groups attached to an aromatic ring is 1. The summed E-state index contributed by atoms with van der Waals surface area (Å²) < 4.78 is 16.0. The second kappa shape index (κ2) is 6.18. The molecule has 4 rings (SSSR count). The number of carbonyl (C=O) groups excluding carboxylic acids is 1. The third-order valence-corrected chi connectivity index (χ3v) is 4.36. The summed E-state index contributed by atoms with van der Waals surface area (Å²) >= 11 is 0. The highest BCUT2D eigenvalue weighted by atomic mass is 19.1. The number of imidazole rings is 1. The highest BCUT2D eigenvalue weighted by Crippen LogP contribution is 2.30. The average molecular weight is 351 g/mol. The molecule has 0 fully saturated rings. The van der Waals surface area contributed by atoms with E-state index in [0.717, 1.165) is 11.8 Å². The van der Waals surface area contributed by atoms with Crippen molar-refractivity contribution in [3.63, 3.8) is 0 Å². The number of nitrogens with two attached hydrogens (primary N) is 1. The lowest BCUT2D eigenvalue weighted by Crippen LogP contribution is -2.25. The molecule has 132 valence electrons. The first-order chi connectivity index (χ1) is 12.6. The van der Waals surface area contributed by atoms with Gasteiger partial charge in [0.1, 0.15) is 17.3 Å². The zero-order chi connectivity index (χ0) is 18.3. The molecule has 0 saturated heterocycles. The zero-order valence-electron chi connectivity index (χ0n) is 14.2. The molecule has 0 aliphatic carbocycles. The molecule has 26 heavy (non-hydrogen) atoms. The number of halogens is 1. The molecule has 6 nitrogen and oxygen atoms in total. The summed E-state index contributed by atoms with van der Waals surface area (Å²) in [6.07, 6.45) is 4.25. The largest absolute Gasteiger partial charge is 0.383 e. The van der Waals surface area contributed by atoms with Crippen molar-refractivity contribution in [1.82, 2.24) is 19.7 Å². The standard InChI is InChI=1S/C19H18FN5O/c1-2-6-23-19(26)16-17(21)25-8-3-4-13(18(25)24-16)12-9-11-5-7-22-15(11)14(20)10-12/h3-5,7-10,22H,2,6,21H2,1H3,(H,23,26). The van der Waals surface area contributed by atoms with Gasteiger partial charge in [0, 0.05) is 29.9 Å². The lowest BCUT2D eigenvalue weighted by molar-refractivity contribution is 0.0950. The van der Waals surface area contributed by atoms with E-state index in [9.17, 15) is 9.18 Å². The van der Waals surface area contributed by atoms with Crippen LogP contribution in [0.5, 0.6) is 0 Å². The molecule has 4 N–H and O–H groups in total. The number of amides is 1. The van der Waals surface area contributed by atoms with Crippen molar-refractivity contribution in [3.8, 4) is 11.1 Å². The highest BCUT2D eigenvalue weighted by molar-refractivity contribution is 5.99. The number of rotatable bonds is 4. The van der Waals surface area contributed by atoms with Crippen LogP contribution in [0.15, 0.2) is 42.7 Å². The molecule has 0 atom stereocenters. The average Bonchev–Trinajstić information content (AvgIpc) is 3.24. The fourth-order valence-electron chi connectivity index (χ4n) is 3.08. The quantitative estimate of drug-likeness (QED) is 0.527. The van der Waals surface area contributed by atoms with Gasteiger partial charge in [-0.15, -0.1) is 0 Å². The van der Waals surface area contributed by atoms with Crippen molar-refractivity contribution in [1.29, 1.82) is 0 Å². The summed E-state index contributed by atoms with van der Waals surface area (Å²) in [5.41, 5.74) is 8.65. The van der Waals surface area contributed by atoms with Crippen molar-refractivity contribution in [3.05, 3.63) is 54.2 Å². The third kappa shape index (κ3) is 2.48. The van der Waals surface area contributed by atoms with Gasteiger partial charge in [0.2, 0.25) is 0 Å². The Morgan fingerprint density at radius 2 is 2.23 bits per heavy atom. The van der Waals surface area contributed by atoms with Gasteiger partial charge in [-0.05, 0) is 42.3 Å². The Morgan fingerprint density at radius 1 is 1.38 bits per heavy atom. The summed E-state index contributed by atoms with van der Waals surface area (Å²) in [5, 5.41) is 3.55. The van der Waals surface area contributed by atoms with Crippen molar-refractivity contribution >= 4 is 28.3 Å². The molecule has 3 aromatic heterocycles. The van der Waals surface area contributed by atoms with Gasteiger partial charge in [-0.25, -0.2) is 9.37 Å². The molecule has 0 radical (unpaired) electrons. The number of carbonyl (C=O) groups is 1. The summed E-state index contributed by atoms with van der Waals surface area (Å²) in [7, 11) is 0. The molecule has 7 heteroatoms. The second-order valence-electron chi connectivity index (χ2n) is 6.12. The number of fused-ring (bicyclic) bond motifs is 2. The SMILES string of the molecule is CCCNC(=O)c1nc2c(-c3cc(F)c4[nH]ccc4c3)cccn2c1N. The molecule has 0 spiro atoms. The maximum atomic E-state index is 14.4. The van der Waals surface area contributed by atoms with Crippen LogP contribution in [-0.4, -0.2) is 26.8 Å². The third-order valence-electron chi connectivity index (χ3n) is 4.36. The van der Waals surface area contributed by atoms with Crippen LogP contribution in [0.3, 0.4) is 0 Å². The van der Waals surface area contributed by atoms with Gasteiger partial charge in [-0.2, -0.15) is 0 Å². The number of pyridine rings is 1. The maximum absolute atomic E-state index is 14.4. The number of benzene rings is 1. The van der Waals surface area contributed by atoms with E-state index in [1.54, 1.807) is 22.9 Å². The van der Waals surface area contributed by atoms with E-state index in [1.165, 1.54) is 6.07 Å². The second-order valence-corrected chi connectivity index (χ2v) is 6.12. The van der Waals surface area contributed by atoms with Crippen LogP contribution in [0, 0.1) is 5.82 Å². The van der Waals surface area contributed by atoms with Crippen molar-refractivity contribution in [2.45, 2.75) is 13.3 Å². The molecule has 3 heterocycles. The molecular weight excluding hydrogens is 333 g/mol. The first-order valence-corrected chi connectivity index (χ1v) is 8.42. The number of hydrogen-bond acceptors (Lipinski definition) is 3. The zero-order valence-corrected chi connectivity index (χ0v) is 14.2. The molecule has 1 aromatic carbocycles. The van der Waals surface area contributed by atoms with Crippen molar-refractivity contribution < 1.29 is 9.18 Å². The minimum Gasteiger partial charge on any atom is -0.383 e. The van der Waals surface area contributed by atoms with Gasteiger partial charge in [-0.3, -0.25) is 9.20 Å². The van der Waals surface area contributed by atoms with E-state index < -0.39 is 0 Å². The van der Waals surface area contributed by atoms with Gasteiger partial charge in [0.15, 0.2) is 5.69 Å².